The number of halogens is 1. The minimum absolute atomic E-state index is 0.218. The van der Waals surface area contributed by atoms with Gasteiger partial charge in [-0.2, -0.15) is 0 Å². The van der Waals surface area contributed by atoms with Crippen molar-refractivity contribution >= 4 is 63.4 Å². The molecule has 7 N–H and O–H groups in total. The molecule has 4 fully saturated rings. The number of nitrogens with two attached hydrogens (primary N) is 3. The van der Waals surface area contributed by atoms with E-state index in [4.69, 9.17) is 63.2 Å². The van der Waals surface area contributed by atoms with E-state index in [1.807, 2.05) is 18.7 Å². The number of aromatic nitrogens is 12. The zero-order valence-electron chi connectivity index (χ0n) is 37.8. The molecule has 4 aliphatic rings. The van der Waals surface area contributed by atoms with Gasteiger partial charge >= 0.3 is 0 Å². The summed E-state index contributed by atoms with van der Waals surface area (Å²) >= 11 is 6.47. The monoisotopic (exact) mass is 912 g/mol. The maximum absolute atomic E-state index is 6.47. The van der Waals surface area contributed by atoms with Crippen LogP contribution in [0.25, 0.3) is 45.1 Å². The van der Waals surface area contributed by atoms with Crippen LogP contribution >= 0.6 is 11.6 Å². The van der Waals surface area contributed by atoms with E-state index < -0.39 is 0 Å². The second kappa shape index (κ2) is 21.1. The van der Waals surface area contributed by atoms with Gasteiger partial charge in [0.1, 0.15) is 0 Å². The number of fused-ring (bicyclic) bond motifs is 2. The number of anilines is 5. The highest BCUT2D eigenvalue weighted by atomic mass is 35.5. The highest BCUT2D eigenvalue weighted by Gasteiger charge is 2.30. The normalized spacial score (nSPS) is 16.5. The molecule has 2 aliphatic carbocycles. The number of nitrogens with one attached hydrogen (secondary N) is 1. The fourth-order valence-electron chi connectivity index (χ4n) is 7.34. The van der Waals surface area contributed by atoms with Crippen LogP contribution < -0.4 is 32.3 Å². The Morgan fingerprint density at radius 2 is 1.08 bits per heavy atom. The summed E-state index contributed by atoms with van der Waals surface area (Å²) in [4.78, 5) is 54.0. The molecule has 0 atom stereocenters. The Morgan fingerprint density at radius 1 is 0.631 bits per heavy atom. The molecular formula is C42H61ClN20O2. The van der Waals surface area contributed by atoms with E-state index in [9.17, 15) is 0 Å². The van der Waals surface area contributed by atoms with Crippen molar-refractivity contribution in [1.82, 2.24) is 68.8 Å². The molecule has 23 heteroatoms. The molecule has 348 valence electrons. The Kier molecular flexibility index (Phi) is 14.9. The smallest absolute Gasteiger partial charge is 0.219 e. The first-order valence-corrected chi connectivity index (χ1v) is 22.7. The van der Waals surface area contributed by atoms with Crippen LogP contribution in [0.2, 0.25) is 5.28 Å². The van der Waals surface area contributed by atoms with Crippen molar-refractivity contribution in [1.29, 1.82) is 0 Å². The fourth-order valence-corrected chi connectivity index (χ4v) is 7.57. The van der Waals surface area contributed by atoms with Gasteiger partial charge in [-0.1, -0.05) is 0 Å². The van der Waals surface area contributed by atoms with Gasteiger partial charge in [0.25, 0.3) is 0 Å². The van der Waals surface area contributed by atoms with E-state index in [0.717, 1.165) is 111 Å². The minimum Gasteiger partial charge on any atom is -0.378 e. The number of hydrogen-bond donors (Lipinski definition) is 4. The summed E-state index contributed by atoms with van der Waals surface area (Å²) in [6.45, 7) is 10.9. The second-order valence-corrected chi connectivity index (χ2v) is 17.5. The highest BCUT2D eigenvalue weighted by Crippen LogP contribution is 2.37. The van der Waals surface area contributed by atoms with E-state index >= 15 is 0 Å². The largest absolute Gasteiger partial charge is 0.378 e. The van der Waals surface area contributed by atoms with Crippen molar-refractivity contribution in [2.24, 2.45) is 17.6 Å². The van der Waals surface area contributed by atoms with Gasteiger partial charge in [-0.25, -0.2) is 49.8 Å². The molecule has 8 heterocycles. The lowest BCUT2D eigenvalue weighted by atomic mass is 10.3. The number of nitrogens with zero attached hydrogens (tertiary/aromatic N) is 16. The number of ether oxygens (including phenoxy) is 2. The van der Waals surface area contributed by atoms with E-state index in [1.165, 1.54) is 25.7 Å². The average molecular weight is 914 g/mol. The lowest BCUT2D eigenvalue weighted by molar-refractivity contribution is 0.122. The van der Waals surface area contributed by atoms with E-state index in [0.29, 0.717) is 60.8 Å². The third-order valence-corrected chi connectivity index (χ3v) is 11.6. The zero-order chi connectivity index (χ0) is 45.5. The molecular weight excluding hydrogens is 852 g/mol. The SMILES string of the molecule is CN(C)CCN.CN(C)CCNc1nc2c(N3CCOCC3)nc(-c3cnc(N)nc3)nc2n1CC1CC1.Nc1ncc(-c2nc(N3CCOCC3)c3nc(Cl)n(CC4CC4)c3n2)cn1. The molecule has 6 aromatic heterocycles. The number of hydrogen-bond acceptors (Lipinski definition) is 20. The molecule has 0 aromatic carbocycles. The predicted octanol–water partition coefficient (Wildman–Crippen LogP) is 2.36. The van der Waals surface area contributed by atoms with Crippen LogP contribution in [0.15, 0.2) is 24.8 Å². The lowest BCUT2D eigenvalue weighted by Crippen LogP contribution is -2.37. The van der Waals surface area contributed by atoms with Crippen molar-refractivity contribution in [3.05, 3.63) is 30.1 Å². The molecule has 22 nitrogen and oxygen atoms in total. The molecule has 0 amide bonds. The van der Waals surface area contributed by atoms with Gasteiger partial charge in [0, 0.05) is 90.2 Å². The van der Waals surface area contributed by atoms with Gasteiger partial charge in [0.15, 0.2) is 45.6 Å². The van der Waals surface area contributed by atoms with Crippen molar-refractivity contribution in [3.8, 4) is 22.8 Å². The van der Waals surface area contributed by atoms with Crippen molar-refractivity contribution in [2.45, 2.75) is 38.8 Å². The summed E-state index contributed by atoms with van der Waals surface area (Å²) < 4.78 is 15.3. The molecule has 2 saturated carbocycles. The first-order chi connectivity index (χ1) is 31.5. The first kappa shape index (κ1) is 45.9. The van der Waals surface area contributed by atoms with Crippen LogP contribution in [-0.2, 0) is 22.6 Å². The topological polar surface area (TPSA) is 260 Å². The van der Waals surface area contributed by atoms with Crippen LogP contribution in [0.4, 0.5) is 29.5 Å². The Hall–Kier alpha value is -5.65. The molecule has 0 spiro atoms. The lowest BCUT2D eigenvalue weighted by Gasteiger charge is -2.28. The molecule has 0 bridgehead atoms. The summed E-state index contributed by atoms with van der Waals surface area (Å²) in [6.07, 6.45) is 11.5. The molecule has 2 saturated heterocycles. The number of nitrogen functional groups attached to an aromatic ring is 2. The summed E-state index contributed by atoms with van der Waals surface area (Å²) in [7, 11) is 8.15. The number of morpholine rings is 2. The highest BCUT2D eigenvalue weighted by molar-refractivity contribution is 6.29. The van der Waals surface area contributed by atoms with E-state index in [-0.39, 0.29) is 11.9 Å². The third kappa shape index (κ3) is 11.8. The predicted molar refractivity (Wildman–Crippen MR) is 253 cm³/mol. The summed E-state index contributed by atoms with van der Waals surface area (Å²) in [5.74, 6) is 5.33. The van der Waals surface area contributed by atoms with Crippen LogP contribution in [-0.4, -0.2) is 176 Å². The van der Waals surface area contributed by atoms with E-state index in [1.54, 1.807) is 24.8 Å². The fraction of sp³-hybridized carbons (Fsp3) is 0.571. The van der Waals surface area contributed by atoms with Crippen molar-refractivity contribution < 1.29 is 9.47 Å². The molecule has 10 rings (SSSR count). The van der Waals surface area contributed by atoms with Crippen molar-refractivity contribution in [2.75, 3.05) is 134 Å². The van der Waals surface area contributed by atoms with E-state index in [2.05, 4.69) is 68.5 Å². The molecule has 65 heavy (non-hydrogen) atoms. The van der Waals surface area contributed by atoms with Crippen molar-refractivity contribution in [3.63, 3.8) is 0 Å². The number of imidazole rings is 2. The minimum atomic E-state index is 0.218. The van der Waals surface area contributed by atoms with Crippen LogP contribution in [0.3, 0.4) is 0 Å². The Bertz CT molecular complexity index is 2480. The molecule has 6 aromatic rings. The van der Waals surface area contributed by atoms with Gasteiger partial charge in [-0.3, -0.25) is 9.13 Å². The Morgan fingerprint density at radius 3 is 1.51 bits per heavy atom. The summed E-state index contributed by atoms with van der Waals surface area (Å²) in [5, 5.41) is 3.97. The van der Waals surface area contributed by atoms with Gasteiger partial charge in [0.2, 0.25) is 23.1 Å². The van der Waals surface area contributed by atoms with Gasteiger partial charge in [0.05, 0.1) is 37.6 Å². The van der Waals surface area contributed by atoms with Crippen LogP contribution in [0.1, 0.15) is 25.7 Å². The molecule has 2 aliphatic heterocycles. The van der Waals surface area contributed by atoms with Gasteiger partial charge in [-0.05, 0) is 77.3 Å². The maximum atomic E-state index is 6.47. The third-order valence-electron chi connectivity index (χ3n) is 11.3. The van der Waals surface area contributed by atoms with Gasteiger partial charge in [-0.15, -0.1) is 0 Å². The molecule has 0 radical (unpaired) electrons. The Labute approximate surface area is 383 Å². The quantitative estimate of drug-likeness (QED) is 0.114. The van der Waals surface area contributed by atoms with Crippen LogP contribution in [0, 0.1) is 11.8 Å². The standard InChI is InChI=1S/C21H30N10O.C17H19ClN8O.C4H12N2/c1-29(2)6-5-23-21-26-16-18(30-7-9-32-10-8-30)27-17(15-11-24-20(22)25-12-15)28-19(16)31(21)13-14-3-4-14;18-16-22-12-14(25-3-5-27-6-4-25)23-13(11-7-20-17(19)21-8-11)24-15(12)26(16)9-10-1-2-10;1-6(2)4-3-5/h11-12,14H,3-10,13H2,1-2H3,(H,23,26)(H2,22,24,25);7-8,10H,1-6,9H2,(H2,19,20,21);3-5H2,1-2H3. The zero-order valence-corrected chi connectivity index (χ0v) is 38.5. The Balaban J connectivity index is 0.000000159. The molecule has 0 unspecified atom stereocenters. The summed E-state index contributed by atoms with van der Waals surface area (Å²) in [5.41, 5.74) is 21.1. The number of rotatable bonds is 14. The van der Waals surface area contributed by atoms with Gasteiger partial charge < -0.3 is 51.6 Å². The first-order valence-electron chi connectivity index (χ1n) is 22.3. The number of likely N-dealkylation sites (N-methyl/N-ethyl adjacent to an activating group) is 2. The summed E-state index contributed by atoms with van der Waals surface area (Å²) in [6, 6.07) is 0. The second-order valence-electron chi connectivity index (χ2n) is 17.2. The van der Waals surface area contributed by atoms with Crippen LogP contribution in [0.5, 0.6) is 0 Å². The average Bonchev–Trinajstić information content (AvgIpc) is 4.25. The maximum Gasteiger partial charge on any atom is 0.219 e.